The summed E-state index contributed by atoms with van der Waals surface area (Å²) in [6.45, 7) is 3.92. The Balaban J connectivity index is 2.34. The lowest BCUT2D eigenvalue weighted by Crippen LogP contribution is -2.60. The molecular weight excluding hydrogens is 299 g/mol. The van der Waals surface area contributed by atoms with Crippen LogP contribution in [0.2, 0.25) is 10.0 Å². The highest BCUT2D eigenvalue weighted by Gasteiger charge is 2.36. The van der Waals surface area contributed by atoms with Gasteiger partial charge in [0.1, 0.15) is 12.6 Å². The van der Waals surface area contributed by atoms with Crippen molar-refractivity contribution in [2.45, 2.75) is 26.3 Å². The van der Waals surface area contributed by atoms with Gasteiger partial charge in [-0.05, 0) is 24.1 Å². The molecule has 1 heterocycles. The van der Waals surface area contributed by atoms with Crippen molar-refractivity contribution in [1.82, 2.24) is 5.32 Å². The van der Waals surface area contributed by atoms with Crippen LogP contribution in [-0.2, 0) is 9.59 Å². The van der Waals surface area contributed by atoms with Gasteiger partial charge < -0.3 is 10.2 Å². The minimum absolute atomic E-state index is 0.0115. The first kappa shape index (κ1) is 15.1. The lowest BCUT2D eigenvalue weighted by atomic mass is 9.96. The topological polar surface area (TPSA) is 49.4 Å². The van der Waals surface area contributed by atoms with Crippen LogP contribution in [0.25, 0.3) is 0 Å². The second-order valence-corrected chi connectivity index (χ2v) is 5.86. The van der Waals surface area contributed by atoms with Gasteiger partial charge in [0.15, 0.2) is 0 Å². The van der Waals surface area contributed by atoms with Crippen LogP contribution in [0.1, 0.15) is 20.3 Å². The van der Waals surface area contributed by atoms with E-state index in [1.54, 1.807) is 18.2 Å². The molecule has 0 aromatic heterocycles. The standard InChI is InChI=1S/C14H16Cl2N2O2/c1-3-8(2)13-14(20)18(7-12(19)17-13)11-5-9(15)4-10(16)6-11/h4-6,8,13H,3,7H2,1-2H3,(H,17,19). The number of nitrogens with one attached hydrogen (secondary N) is 1. The normalized spacial score (nSPS) is 20.8. The van der Waals surface area contributed by atoms with Crippen LogP contribution < -0.4 is 10.2 Å². The van der Waals surface area contributed by atoms with Crippen LogP contribution in [0, 0.1) is 5.92 Å². The summed E-state index contributed by atoms with van der Waals surface area (Å²) in [5, 5.41) is 3.62. The summed E-state index contributed by atoms with van der Waals surface area (Å²) in [6.07, 6.45) is 0.806. The zero-order chi connectivity index (χ0) is 14.9. The van der Waals surface area contributed by atoms with Gasteiger partial charge in [-0.2, -0.15) is 0 Å². The van der Waals surface area contributed by atoms with Crippen molar-refractivity contribution in [1.29, 1.82) is 0 Å². The number of amides is 2. The molecule has 1 aliphatic heterocycles. The van der Waals surface area contributed by atoms with E-state index < -0.39 is 6.04 Å². The minimum atomic E-state index is -0.501. The summed E-state index contributed by atoms with van der Waals surface area (Å²) in [5.74, 6) is -0.229. The Morgan fingerprint density at radius 2 is 1.90 bits per heavy atom. The maximum absolute atomic E-state index is 12.5. The fraction of sp³-hybridized carbons (Fsp3) is 0.429. The average Bonchev–Trinajstić information content (AvgIpc) is 2.39. The number of hydrogen-bond acceptors (Lipinski definition) is 2. The molecule has 6 heteroatoms. The molecule has 1 aliphatic rings. The molecular formula is C14H16Cl2N2O2. The van der Waals surface area contributed by atoms with Gasteiger partial charge in [-0.3, -0.25) is 9.59 Å². The predicted octanol–water partition coefficient (Wildman–Crippen LogP) is 2.87. The van der Waals surface area contributed by atoms with E-state index >= 15 is 0 Å². The number of piperazine rings is 1. The first-order valence-corrected chi connectivity index (χ1v) is 7.24. The molecule has 0 bridgehead atoms. The van der Waals surface area contributed by atoms with Crippen molar-refractivity contribution in [3.63, 3.8) is 0 Å². The van der Waals surface area contributed by atoms with Crippen LogP contribution in [0.4, 0.5) is 5.69 Å². The highest BCUT2D eigenvalue weighted by molar-refractivity contribution is 6.35. The van der Waals surface area contributed by atoms with Gasteiger partial charge in [0, 0.05) is 15.7 Å². The maximum Gasteiger partial charge on any atom is 0.250 e. The van der Waals surface area contributed by atoms with Crippen molar-refractivity contribution in [3.05, 3.63) is 28.2 Å². The zero-order valence-electron chi connectivity index (χ0n) is 11.3. The first-order chi connectivity index (χ1) is 9.42. The second-order valence-electron chi connectivity index (χ2n) is 4.98. The Labute approximate surface area is 128 Å². The summed E-state index contributed by atoms with van der Waals surface area (Å²) in [5.41, 5.74) is 0.552. The van der Waals surface area contributed by atoms with Crippen LogP contribution in [0.5, 0.6) is 0 Å². The van der Waals surface area contributed by atoms with E-state index in [2.05, 4.69) is 5.32 Å². The quantitative estimate of drug-likeness (QED) is 0.932. The first-order valence-electron chi connectivity index (χ1n) is 6.49. The number of benzene rings is 1. The smallest absolute Gasteiger partial charge is 0.250 e. The van der Waals surface area contributed by atoms with E-state index in [0.29, 0.717) is 15.7 Å². The average molecular weight is 315 g/mol. The third-order valence-corrected chi connectivity index (χ3v) is 3.96. The Kier molecular flexibility index (Phi) is 4.55. The molecule has 0 saturated carbocycles. The van der Waals surface area contributed by atoms with Gasteiger partial charge in [-0.15, -0.1) is 0 Å². The zero-order valence-corrected chi connectivity index (χ0v) is 12.8. The van der Waals surface area contributed by atoms with E-state index in [1.165, 1.54) is 4.90 Å². The second kappa shape index (κ2) is 6.02. The monoisotopic (exact) mass is 314 g/mol. The van der Waals surface area contributed by atoms with E-state index in [-0.39, 0.29) is 24.3 Å². The van der Waals surface area contributed by atoms with Crippen LogP contribution in [-0.4, -0.2) is 24.4 Å². The van der Waals surface area contributed by atoms with Crippen molar-refractivity contribution in [2.75, 3.05) is 11.4 Å². The SMILES string of the molecule is CCC(C)C1NC(=O)CN(c2cc(Cl)cc(Cl)c2)C1=O. The fourth-order valence-electron chi connectivity index (χ4n) is 2.21. The Bertz CT molecular complexity index is 528. The summed E-state index contributed by atoms with van der Waals surface area (Å²) in [4.78, 5) is 25.8. The summed E-state index contributed by atoms with van der Waals surface area (Å²) >= 11 is 11.9. The maximum atomic E-state index is 12.5. The van der Waals surface area contributed by atoms with Crippen molar-refractivity contribution < 1.29 is 9.59 Å². The van der Waals surface area contributed by atoms with Crippen molar-refractivity contribution >= 4 is 40.7 Å². The van der Waals surface area contributed by atoms with Crippen LogP contribution in [0.3, 0.4) is 0 Å². The van der Waals surface area contributed by atoms with Crippen LogP contribution in [0.15, 0.2) is 18.2 Å². The van der Waals surface area contributed by atoms with Gasteiger partial charge in [0.2, 0.25) is 11.8 Å². The van der Waals surface area contributed by atoms with E-state index in [9.17, 15) is 9.59 Å². The minimum Gasteiger partial charge on any atom is -0.342 e. The highest BCUT2D eigenvalue weighted by Crippen LogP contribution is 2.27. The van der Waals surface area contributed by atoms with Gasteiger partial charge in [-0.1, -0.05) is 43.5 Å². The number of anilines is 1. The lowest BCUT2D eigenvalue weighted by molar-refractivity contribution is -0.132. The lowest BCUT2D eigenvalue weighted by Gasteiger charge is -2.35. The number of carbonyl (C=O) groups is 2. The highest BCUT2D eigenvalue weighted by atomic mass is 35.5. The summed E-state index contributed by atoms with van der Waals surface area (Å²) in [6, 6.07) is 4.36. The van der Waals surface area contributed by atoms with Crippen molar-refractivity contribution in [3.8, 4) is 0 Å². The number of hydrogen-bond donors (Lipinski definition) is 1. The molecule has 1 aromatic rings. The van der Waals surface area contributed by atoms with Gasteiger partial charge in [0.25, 0.3) is 0 Å². The van der Waals surface area contributed by atoms with E-state index in [4.69, 9.17) is 23.2 Å². The molecule has 1 fully saturated rings. The molecule has 2 rings (SSSR count). The summed E-state index contributed by atoms with van der Waals surface area (Å²) in [7, 11) is 0. The third kappa shape index (κ3) is 3.07. The largest absolute Gasteiger partial charge is 0.342 e. The summed E-state index contributed by atoms with van der Waals surface area (Å²) < 4.78 is 0. The molecule has 20 heavy (non-hydrogen) atoms. The third-order valence-electron chi connectivity index (χ3n) is 3.52. The number of carbonyl (C=O) groups excluding carboxylic acids is 2. The molecule has 1 aromatic carbocycles. The Morgan fingerprint density at radius 3 is 2.45 bits per heavy atom. The van der Waals surface area contributed by atoms with Gasteiger partial charge in [-0.25, -0.2) is 0 Å². The number of halogens is 2. The molecule has 2 atom stereocenters. The molecule has 1 N–H and O–H groups in total. The van der Waals surface area contributed by atoms with Gasteiger partial charge in [0.05, 0.1) is 0 Å². The molecule has 2 unspecified atom stereocenters. The Morgan fingerprint density at radius 1 is 1.30 bits per heavy atom. The fourth-order valence-corrected chi connectivity index (χ4v) is 2.72. The van der Waals surface area contributed by atoms with Gasteiger partial charge >= 0.3 is 0 Å². The van der Waals surface area contributed by atoms with E-state index in [0.717, 1.165) is 6.42 Å². The molecule has 2 amide bonds. The number of nitrogens with zero attached hydrogens (tertiary/aromatic N) is 1. The molecule has 4 nitrogen and oxygen atoms in total. The molecule has 0 aliphatic carbocycles. The Hall–Kier alpha value is -1.26. The molecule has 108 valence electrons. The number of rotatable bonds is 3. The predicted molar refractivity (Wildman–Crippen MR) is 80.2 cm³/mol. The molecule has 1 saturated heterocycles. The molecule has 0 radical (unpaired) electrons. The molecule has 0 spiro atoms. The van der Waals surface area contributed by atoms with Crippen LogP contribution >= 0.6 is 23.2 Å². The van der Waals surface area contributed by atoms with Crippen molar-refractivity contribution in [2.24, 2.45) is 5.92 Å². The van der Waals surface area contributed by atoms with E-state index in [1.807, 2.05) is 13.8 Å².